The molecule has 9 aromatic rings. The van der Waals surface area contributed by atoms with Gasteiger partial charge in [-0.25, -0.2) is 0 Å². The molecule has 1 atom stereocenters. The first kappa shape index (κ1) is 26.3. The SMILES string of the molecule is C1=c2oc3ccc4ccccc4c3c2=CC(c2cccc(-c3c4ccccc4c(-c4ccc5ccccc5c4)c4ccccc34)c2)C1. The highest BCUT2D eigenvalue weighted by Gasteiger charge is 2.19. The van der Waals surface area contributed by atoms with Gasteiger partial charge in [-0.05, 0) is 95.5 Å². The summed E-state index contributed by atoms with van der Waals surface area (Å²) in [6, 6.07) is 55.5. The van der Waals surface area contributed by atoms with Crippen molar-refractivity contribution in [3.63, 3.8) is 0 Å². The predicted octanol–water partition coefficient (Wildman–Crippen LogP) is 11.1. The van der Waals surface area contributed by atoms with Crippen LogP contribution < -0.4 is 10.6 Å². The van der Waals surface area contributed by atoms with E-state index in [2.05, 4.69) is 164 Å². The molecule has 1 unspecified atom stereocenters. The molecule has 1 heteroatoms. The van der Waals surface area contributed by atoms with Crippen LogP contribution in [0.3, 0.4) is 0 Å². The molecule has 1 aliphatic carbocycles. The van der Waals surface area contributed by atoms with Gasteiger partial charge in [0.15, 0.2) is 0 Å². The number of furan rings is 1. The van der Waals surface area contributed by atoms with E-state index in [1.54, 1.807) is 0 Å². The Hall–Kier alpha value is -5.92. The van der Waals surface area contributed by atoms with E-state index in [0.29, 0.717) is 0 Å². The van der Waals surface area contributed by atoms with E-state index in [0.717, 1.165) is 17.4 Å². The second-order valence-corrected chi connectivity index (χ2v) is 12.8. The van der Waals surface area contributed by atoms with Crippen molar-refractivity contribution in [3.8, 4) is 22.3 Å². The Labute approximate surface area is 272 Å². The molecule has 1 aliphatic rings. The zero-order valence-corrected chi connectivity index (χ0v) is 25.8. The Kier molecular flexibility index (Phi) is 5.77. The third kappa shape index (κ3) is 4.10. The van der Waals surface area contributed by atoms with Crippen LogP contribution in [0.15, 0.2) is 156 Å². The Morgan fingerprint density at radius 3 is 1.79 bits per heavy atom. The van der Waals surface area contributed by atoms with Crippen molar-refractivity contribution in [1.29, 1.82) is 0 Å². The molecular formula is C46H30O. The first-order chi connectivity index (χ1) is 23.3. The maximum atomic E-state index is 6.36. The zero-order valence-electron chi connectivity index (χ0n) is 25.8. The molecule has 10 rings (SSSR count). The van der Waals surface area contributed by atoms with Gasteiger partial charge in [-0.15, -0.1) is 0 Å². The van der Waals surface area contributed by atoms with E-state index in [-0.39, 0.29) is 5.92 Å². The maximum Gasteiger partial charge on any atom is 0.136 e. The van der Waals surface area contributed by atoms with Crippen LogP contribution in [-0.2, 0) is 0 Å². The molecule has 0 N–H and O–H groups in total. The lowest BCUT2D eigenvalue weighted by molar-refractivity contribution is 0.570. The minimum atomic E-state index is 0.261. The number of hydrogen-bond acceptors (Lipinski definition) is 1. The van der Waals surface area contributed by atoms with Crippen LogP contribution in [-0.4, -0.2) is 0 Å². The van der Waals surface area contributed by atoms with Crippen molar-refractivity contribution in [3.05, 3.63) is 168 Å². The highest BCUT2D eigenvalue weighted by molar-refractivity contribution is 6.21. The summed E-state index contributed by atoms with van der Waals surface area (Å²) >= 11 is 0. The summed E-state index contributed by atoms with van der Waals surface area (Å²) in [6.45, 7) is 0. The first-order valence-electron chi connectivity index (χ1n) is 16.5. The lowest BCUT2D eigenvalue weighted by Crippen LogP contribution is -2.25. The molecule has 220 valence electrons. The van der Waals surface area contributed by atoms with Gasteiger partial charge in [0.1, 0.15) is 11.0 Å². The van der Waals surface area contributed by atoms with Crippen LogP contribution in [0.1, 0.15) is 17.9 Å². The summed E-state index contributed by atoms with van der Waals surface area (Å²) in [5.41, 5.74) is 8.36. The standard InChI is InChI=1S/C46H30O/c1-2-12-31-26-35(21-20-29(31)10-1)45-39-18-7-5-16-37(39)44(38-17-6-8-19-40(38)45)34-14-9-13-32(27-34)33-23-24-42-41(28-33)46-36-15-4-3-11-30(36)22-25-43(46)47-42/h1-22,24-28,33H,23H2. The molecule has 0 saturated heterocycles. The quantitative estimate of drug-likeness (QED) is 0.184. The first-order valence-corrected chi connectivity index (χ1v) is 16.5. The second kappa shape index (κ2) is 10.3. The number of hydrogen-bond donors (Lipinski definition) is 0. The van der Waals surface area contributed by atoms with E-state index in [4.69, 9.17) is 4.42 Å². The lowest BCUT2D eigenvalue weighted by Gasteiger charge is -2.19. The topological polar surface area (TPSA) is 13.1 Å². The minimum Gasteiger partial charge on any atom is -0.456 e. The van der Waals surface area contributed by atoms with Gasteiger partial charge in [0.25, 0.3) is 0 Å². The Morgan fingerprint density at radius 2 is 1.06 bits per heavy atom. The average Bonchev–Trinajstić information content (AvgIpc) is 3.52. The van der Waals surface area contributed by atoms with Gasteiger partial charge >= 0.3 is 0 Å². The monoisotopic (exact) mass is 598 g/mol. The van der Waals surface area contributed by atoms with Crippen molar-refractivity contribution in [1.82, 2.24) is 0 Å². The number of benzene rings is 8. The van der Waals surface area contributed by atoms with Crippen LogP contribution in [0.5, 0.6) is 0 Å². The molecule has 0 aliphatic heterocycles. The molecular weight excluding hydrogens is 569 g/mol. The highest BCUT2D eigenvalue weighted by Crippen LogP contribution is 2.44. The fraction of sp³-hybridized carbons (Fsp3) is 0.0435. The minimum absolute atomic E-state index is 0.261. The van der Waals surface area contributed by atoms with E-state index in [1.807, 2.05) is 0 Å². The second-order valence-electron chi connectivity index (χ2n) is 12.8. The summed E-state index contributed by atoms with van der Waals surface area (Å²) in [6.07, 6.45) is 5.63. The highest BCUT2D eigenvalue weighted by atomic mass is 16.3. The Morgan fingerprint density at radius 1 is 0.468 bits per heavy atom. The molecule has 1 nitrogen and oxygen atoms in total. The van der Waals surface area contributed by atoms with Crippen molar-refractivity contribution < 1.29 is 4.42 Å². The van der Waals surface area contributed by atoms with Crippen molar-refractivity contribution in [2.45, 2.75) is 12.3 Å². The van der Waals surface area contributed by atoms with Gasteiger partial charge in [-0.3, -0.25) is 0 Å². The fourth-order valence-corrected chi connectivity index (χ4v) is 7.98. The van der Waals surface area contributed by atoms with E-state index < -0.39 is 0 Å². The smallest absolute Gasteiger partial charge is 0.136 e. The molecule has 0 spiro atoms. The molecule has 0 saturated carbocycles. The summed E-state index contributed by atoms with van der Waals surface area (Å²) in [5.74, 6) is 0.261. The summed E-state index contributed by atoms with van der Waals surface area (Å²) < 4.78 is 6.36. The van der Waals surface area contributed by atoms with E-state index >= 15 is 0 Å². The molecule has 0 fully saturated rings. The summed E-state index contributed by atoms with van der Waals surface area (Å²) in [4.78, 5) is 0. The predicted molar refractivity (Wildman–Crippen MR) is 199 cm³/mol. The van der Waals surface area contributed by atoms with Gasteiger partial charge in [0.2, 0.25) is 0 Å². The van der Waals surface area contributed by atoms with Crippen molar-refractivity contribution >= 4 is 66.2 Å². The molecule has 47 heavy (non-hydrogen) atoms. The van der Waals surface area contributed by atoms with Gasteiger partial charge in [-0.2, -0.15) is 0 Å². The molecule has 1 heterocycles. The van der Waals surface area contributed by atoms with Crippen LogP contribution >= 0.6 is 0 Å². The molecule has 0 bridgehead atoms. The largest absolute Gasteiger partial charge is 0.456 e. The number of rotatable bonds is 3. The molecule has 0 radical (unpaired) electrons. The zero-order chi connectivity index (χ0) is 30.9. The van der Waals surface area contributed by atoms with Crippen LogP contribution in [0.4, 0.5) is 0 Å². The van der Waals surface area contributed by atoms with Crippen LogP contribution in [0.25, 0.3) is 88.5 Å². The fourth-order valence-electron chi connectivity index (χ4n) is 7.98. The summed E-state index contributed by atoms with van der Waals surface area (Å²) in [5, 5.41) is 12.6. The van der Waals surface area contributed by atoms with Gasteiger partial charge in [0, 0.05) is 16.5 Å². The molecule has 1 aromatic heterocycles. The molecule has 0 amide bonds. The third-order valence-corrected chi connectivity index (χ3v) is 10.1. The Bertz CT molecular complexity index is 2780. The Balaban J connectivity index is 1.17. The van der Waals surface area contributed by atoms with Gasteiger partial charge in [-0.1, -0.05) is 146 Å². The molecule has 8 aromatic carbocycles. The van der Waals surface area contributed by atoms with Crippen LogP contribution in [0, 0.1) is 0 Å². The van der Waals surface area contributed by atoms with Crippen molar-refractivity contribution in [2.24, 2.45) is 0 Å². The maximum absolute atomic E-state index is 6.36. The van der Waals surface area contributed by atoms with Gasteiger partial charge < -0.3 is 4.42 Å². The van der Waals surface area contributed by atoms with E-state index in [1.165, 1.54) is 81.5 Å². The summed E-state index contributed by atoms with van der Waals surface area (Å²) in [7, 11) is 0. The number of fused-ring (bicyclic) bond motifs is 8. The average molecular weight is 599 g/mol. The lowest BCUT2D eigenvalue weighted by atomic mass is 9.84. The van der Waals surface area contributed by atoms with E-state index in [9.17, 15) is 0 Å². The van der Waals surface area contributed by atoms with Crippen molar-refractivity contribution in [2.75, 3.05) is 0 Å². The van der Waals surface area contributed by atoms with Crippen LogP contribution in [0.2, 0.25) is 0 Å². The third-order valence-electron chi connectivity index (χ3n) is 10.1. The van der Waals surface area contributed by atoms with Gasteiger partial charge in [0.05, 0.1) is 0 Å². The normalized spacial score (nSPS) is 14.4.